The second-order valence-electron chi connectivity index (χ2n) is 4.91. The molecule has 0 fully saturated rings. The molecule has 0 aliphatic carbocycles. The summed E-state index contributed by atoms with van der Waals surface area (Å²) >= 11 is -0.329. The summed E-state index contributed by atoms with van der Waals surface area (Å²) in [7, 11) is 0. The van der Waals surface area contributed by atoms with Crippen LogP contribution in [0.15, 0.2) is 22.7 Å². The van der Waals surface area contributed by atoms with E-state index in [1.807, 2.05) is 6.92 Å². The molecule has 2 heterocycles. The van der Waals surface area contributed by atoms with Gasteiger partial charge in [-0.2, -0.15) is 17.5 Å². The molecule has 2 aromatic rings. The van der Waals surface area contributed by atoms with Gasteiger partial charge < -0.3 is 4.55 Å². The van der Waals surface area contributed by atoms with Crippen molar-refractivity contribution in [3.05, 3.63) is 29.0 Å². The maximum atomic E-state index is 12.7. The van der Waals surface area contributed by atoms with Crippen LogP contribution >= 0.6 is 11.5 Å². The summed E-state index contributed by atoms with van der Waals surface area (Å²) in [4.78, 5) is 7.49. The summed E-state index contributed by atoms with van der Waals surface area (Å²) in [5.74, 6) is 0.635. The lowest BCUT2D eigenvalue weighted by Gasteiger charge is -2.05. The Bertz CT molecular complexity index is 718. The molecule has 10 heteroatoms. The highest BCUT2D eigenvalue weighted by Gasteiger charge is 2.32. The van der Waals surface area contributed by atoms with E-state index in [9.17, 15) is 17.7 Å². The minimum atomic E-state index is -4.53. The number of hydrogen-bond acceptors (Lipinski definition) is 6. The molecule has 130 valence electrons. The van der Waals surface area contributed by atoms with Crippen molar-refractivity contribution < 1.29 is 17.7 Å². The average Bonchev–Trinajstić information content (AvgIpc) is 3.02. The van der Waals surface area contributed by atoms with E-state index in [1.54, 1.807) is 6.92 Å². The smallest absolute Gasteiger partial charge is 0.433 e. The number of nitrogens with zero attached hydrogens (tertiary/aromatic N) is 4. The van der Waals surface area contributed by atoms with Gasteiger partial charge in [0.1, 0.15) is 17.2 Å². The molecule has 1 atom stereocenters. The zero-order valence-electron chi connectivity index (χ0n) is 13.0. The first-order valence-corrected chi connectivity index (χ1v) is 9.17. The summed E-state index contributed by atoms with van der Waals surface area (Å²) in [6.07, 6.45) is -1.73. The standard InChI is InChI=1S/C14H15F3N4OS2/c1-3-4-7-24(22)21-9(2)13-19-12(20-23-13)10-5-6-18-11(8-10)14(15,16)17/h5-6,8H,3-4,7H2,1-2H3. The Kier molecular flexibility index (Phi) is 6.30. The second-order valence-corrected chi connectivity index (χ2v) is 6.89. The van der Waals surface area contributed by atoms with Crippen LogP contribution in [0.25, 0.3) is 11.4 Å². The van der Waals surface area contributed by atoms with Crippen LogP contribution < -0.4 is 0 Å². The van der Waals surface area contributed by atoms with Gasteiger partial charge in [0.25, 0.3) is 0 Å². The molecule has 5 nitrogen and oxygen atoms in total. The Labute approximate surface area is 144 Å². The van der Waals surface area contributed by atoms with Gasteiger partial charge in [-0.15, -0.1) is 0 Å². The van der Waals surface area contributed by atoms with E-state index in [2.05, 4.69) is 18.7 Å². The Morgan fingerprint density at radius 2 is 2.17 bits per heavy atom. The van der Waals surface area contributed by atoms with E-state index in [-0.39, 0.29) is 11.4 Å². The maximum Gasteiger partial charge on any atom is 0.433 e. The lowest BCUT2D eigenvalue weighted by atomic mass is 10.2. The second kappa shape index (κ2) is 8.04. The fourth-order valence-electron chi connectivity index (χ4n) is 1.72. The predicted octanol–water partition coefficient (Wildman–Crippen LogP) is 3.89. The van der Waals surface area contributed by atoms with Gasteiger partial charge in [0.05, 0.1) is 11.4 Å². The summed E-state index contributed by atoms with van der Waals surface area (Å²) in [5.41, 5.74) is -0.319. The first-order valence-electron chi connectivity index (χ1n) is 7.12. The van der Waals surface area contributed by atoms with Gasteiger partial charge in [0.15, 0.2) is 10.8 Å². The van der Waals surface area contributed by atoms with Crippen molar-refractivity contribution in [2.75, 3.05) is 5.75 Å². The van der Waals surface area contributed by atoms with Crippen LogP contribution in [0.4, 0.5) is 13.2 Å². The first kappa shape index (κ1) is 18.8. The van der Waals surface area contributed by atoms with Crippen LogP contribution in [0, 0.1) is 0 Å². The summed E-state index contributed by atoms with van der Waals surface area (Å²) in [5, 5.41) is 0.431. The zero-order chi connectivity index (χ0) is 17.7. The van der Waals surface area contributed by atoms with E-state index >= 15 is 0 Å². The third kappa shape index (κ3) is 4.99. The lowest BCUT2D eigenvalue weighted by molar-refractivity contribution is -0.141. The van der Waals surface area contributed by atoms with Crippen molar-refractivity contribution in [1.82, 2.24) is 14.3 Å². The van der Waals surface area contributed by atoms with Gasteiger partial charge in [0, 0.05) is 11.8 Å². The van der Waals surface area contributed by atoms with Crippen LogP contribution in [-0.4, -0.2) is 30.4 Å². The molecular weight excluding hydrogens is 361 g/mol. The third-order valence-electron chi connectivity index (χ3n) is 2.96. The third-order valence-corrected chi connectivity index (χ3v) is 4.89. The molecule has 0 N–H and O–H groups in total. The highest BCUT2D eigenvalue weighted by atomic mass is 32.2. The summed E-state index contributed by atoms with van der Waals surface area (Å²) in [6.45, 7) is 3.65. The molecule has 0 aliphatic heterocycles. The Morgan fingerprint density at radius 3 is 2.83 bits per heavy atom. The van der Waals surface area contributed by atoms with Crippen molar-refractivity contribution in [2.24, 2.45) is 4.40 Å². The number of rotatable bonds is 6. The van der Waals surface area contributed by atoms with E-state index < -0.39 is 23.2 Å². The molecular formula is C14H15F3N4OS2. The van der Waals surface area contributed by atoms with Crippen LogP contribution in [0.1, 0.15) is 37.4 Å². The van der Waals surface area contributed by atoms with Crippen molar-refractivity contribution in [3.63, 3.8) is 0 Å². The van der Waals surface area contributed by atoms with Crippen molar-refractivity contribution >= 4 is 28.6 Å². The van der Waals surface area contributed by atoms with Crippen LogP contribution in [-0.2, 0) is 17.5 Å². The van der Waals surface area contributed by atoms with Gasteiger partial charge in [-0.25, -0.2) is 4.98 Å². The fraction of sp³-hybridized carbons (Fsp3) is 0.429. The van der Waals surface area contributed by atoms with Gasteiger partial charge in [0.2, 0.25) is 0 Å². The largest absolute Gasteiger partial charge is 0.591 e. The van der Waals surface area contributed by atoms with Gasteiger partial charge in [-0.3, -0.25) is 4.98 Å². The number of halogens is 3. The number of alkyl halides is 3. The fourth-order valence-corrected chi connectivity index (χ4v) is 3.42. The Balaban J connectivity index is 2.20. The molecule has 0 saturated carbocycles. The van der Waals surface area contributed by atoms with Crippen molar-refractivity contribution in [1.29, 1.82) is 0 Å². The minimum Gasteiger partial charge on any atom is -0.591 e. The molecule has 2 aromatic heterocycles. The maximum absolute atomic E-state index is 12.7. The topological polar surface area (TPSA) is 74.1 Å². The SMILES string of the molecule is CCCC[S+]([O-])N=C(C)c1nc(-c2ccnc(C(F)(F)F)c2)ns1. The number of pyridine rings is 1. The first-order chi connectivity index (χ1) is 11.3. The van der Waals surface area contributed by atoms with Crippen LogP contribution in [0.2, 0.25) is 0 Å². The lowest BCUT2D eigenvalue weighted by Crippen LogP contribution is -2.07. The van der Waals surface area contributed by atoms with Gasteiger partial charge in [-0.05, 0) is 37.0 Å². The molecule has 0 bridgehead atoms. The number of hydrogen-bond donors (Lipinski definition) is 0. The molecule has 0 spiro atoms. The predicted molar refractivity (Wildman–Crippen MR) is 88.3 cm³/mol. The minimum absolute atomic E-state index is 0.164. The monoisotopic (exact) mass is 376 g/mol. The molecule has 2 rings (SSSR count). The van der Waals surface area contributed by atoms with Crippen molar-refractivity contribution in [2.45, 2.75) is 32.9 Å². The zero-order valence-corrected chi connectivity index (χ0v) is 14.6. The van der Waals surface area contributed by atoms with Crippen LogP contribution in [0.3, 0.4) is 0 Å². The summed E-state index contributed by atoms with van der Waals surface area (Å²) < 4.78 is 58.0. The average molecular weight is 376 g/mol. The van der Waals surface area contributed by atoms with Crippen LogP contribution in [0.5, 0.6) is 0 Å². The molecule has 0 radical (unpaired) electrons. The molecule has 24 heavy (non-hydrogen) atoms. The number of unbranched alkanes of at least 4 members (excludes halogenated alkanes) is 1. The summed E-state index contributed by atoms with van der Waals surface area (Å²) in [6, 6.07) is 2.31. The highest BCUT2D eigenvalue weighted by molar-refractivity contribution is 7.90. The highest BCUT2D eigenvalue weighted by Crippen LogP contribution is 2.30. The van der Waals surface area contributed by atoms with E-state index in [1.165, 1.54) is 6.07 Å². The number of aromatic nitrogens is 3. The molecule has 0 saturated heterocycles. The Hall–Kier alpha value is -1.52. The van der Waals surface area contributed by atoms with E-state index in [0.717, 1.165) is 36.6 Å². The molecule has 0 amide bonds. The normalized spacial score (nSPS) is 14.0. The Morgan fingerprint density at radius 1 is 1.42 bits per heavy atom. The van der Waals surface area contributed by atoms with Gasteiger partial charge in [-0.1, -0.05) is 17.7 Å². The van der Waals surface area contributed by atoms with E-state index in [0.29, 0.717) is 16.5 Å². The molecule has 0 aromatic carbocycles. The van der Waals surface area contributed by atoms with Crippen molar-refractivity contribution in [3.8, 4) is 11.4 Å². The van der Waals surface area contributed by atoms with Gasteiger partial charge >= 0.3 is 6.18 Å². The quantitative estimate of drug-likeness (QED) is 0.566. The van der Waals surface area contributed by atoms with E-state index in [4.69, 9.17) is 0 Å². The molecule has 1 unspecified atom stereocenters. The molecule has 0 aliphatic rings.